The van der Waals surface area contributed by atoms with E-state index in [-0.39, 0.29) is 18.7 Å². The molecular weight excluding hydrogens is 208 g/mol. The van der Waals surface area contributed by atoms with E-state index in [2.05, 4.69) is 0 Å². The zero-order chi connectivity index (χ0) is 11.3. The van der Waals surface area contributed by atoms with Crippen LogP contribution in [-0.4, -0.2) is 38.0 Å². The maximum absolute atomic E-state index is 10.1. The molecule has 0 unspecified atom stereocenters. The molecular formula is C12H20O4. The molecule has 0 aromatic heterocycles. The number of fused-ring (bicyclic) bond motifs is 2. The molecule has 3 saturated carbocycles. The highest BCUT2D eigenvalue weighted by Gasteiger charge is 2.58. The molecule has 2 bridgehead atoms. The van der Waals surface area contributed by atoms with E-state index in [4.69, 9.17) is 14.2 Å². The second-order valence-electron chi connectivity index (χ2n) is 5.30. The molecule has 4 rings (SSSR count). The van der Waals surface area contributed by atoms with Crippen molar-refractivity contribution < 1.29 is 19.3 Å². The maximum Gasteiger partial charge on any atom is 0.163 e. The van der Waals surface area contributed by atoms with E-state index in [0.717, 1.165) is 12.8 Å². The Labute approximate surface area is 95.9 Å². The van der Waals surface area contributed by atoms with Gasteiger partial charge in [0, 0.05) is 26.1 Å². The van der Waals surface area contributed by atoms with Gasteiger partial charge in [-0.2, -0.15) is 0 Å². The van der Waals surface area contributed by atoms with E-state index >= 15 is 0 Å². The predicted molar refractivity (Wildman–Crippen MR) is 56.5 cm³/mol. The normalized spacial score (nSPS) is 55.3. The molecule has 4 nitrogen and oxygen atoms in total. The fraction of sp³-hybridized carbons (Fsp3) is 1.00. The SMILES string of the molecule is CO[C@@H]1O[C@H](OC)[C@@H]2[C@H]3CC[C@@H](C[C@@H]3O)[C@H]12. The Kier molecular flexibility index (Phi) is 2.70. The van der Waals surface area contributed by atoms with Crippen LogP contribution in [0.15, 0.2) is 0 Å². The number of aliphatic hydroxyl groups excluding tert-OH is 1. The van der Waals surface area contributed by atoms with E-state index < -0.39 is 0 Å². The van der Waals surface area contributed by atoms with Gasteiger partial charge in [-0.3, -0.25) is 0 Å². The summed E-state index contributed by atoms with van der Waals surface area (Å²) in [7, 11) is 3.37. The Morgan fingerprint density at radius 3 is 2.38 bits per heavy atom. The van der Waals surface area contributed by atoms with Crippen molar-refractivity contribution in [2.45, 2.75) is 37.9 Å². The Morgan fingerprint density at radius 2 is 1.75 bits per heavy atom. The molecule has 0 aromatic carbocycles. The topological polar surface area (TPSA) is 47.9 Å². The molecule has 0 amide bonds. The first kappa shape index (κ1) is 11.0. The van der Waals surface area contributed by atoms with Crippen molar-refractivity contribution >= 4 is 0 Å². The number of hydrogen-bond donors (Lipinski definition) is 1. The van der Waals surface area contributed by atoms with Crippen LogP contribution in [0.5, 0.6) is 0 Å². The van der Waals surface area contributed by atoms with Crippen molar-refractivity contribution in [1.82, 2.24) is 0 Å². The van der Waals surface area contributed by atoms with Gasteiger partial charge in [-0.1, -0.05) is 0 Å². The van der Waals surface area contributed by atoms with Gasteiger partial charge >= 0.3 is 0 Å². The number of methoxy groups -OCH3 is 2. The summed E-state index contributed by atoms with van der Waals surface area (Å²) in [6.07, 6.45) is 2.70. The van der Waals surface area contributed by atoms with Crippen LogP contribution in [0, 0.1) is 23.7 Å². The molecule has 0 radical (unpaired) electrons. The van der Waals surface area contributed by atoms with Crippen LogP contribution in [0.3, 0.4) is 0 Å². The number of ether oxygens (including phenoxy) is 3. The summed E-state index contributed by atoms with van der Waals surface area (Å²) in [5.41, 5.74) is 0. The van der Waals surface area contributed by atoms with Crippen LogP contribution in [0.4, 0.5) is 0 Å². The molecule has 1 N–H and O–H groups in total. The van der Waals surface area contributed by atoms with Crippen molar-refractivity contribution in [3.63, 3.8) is 0 Å². The molecule has 1 saturated heterocycles. The van der Waals surface area contributed by atoms with Crippen molar-refractivity contribution in [2.24, 2.45) is 23.7 Å². The molecule has 3 aliphatic carbocycles. The van der Waals surface area contributed by atoms with Crippen LogP contribution in [0.25, 0.3) is 0 Å². The van der Waals surface area contributed by atoms with Crippen LogP contribution < -0.4 is 0 Å². The van der Waals surface area contributed by atoms with Gasteiger partial charge < -0.3 is 19.3 Å². The third-order valence-electron chi connectivity index (χ3n) is 4.75. The summed E-state index contributed by atoms with van der Waals surface area (Å²) in [6, 6.07) is 0. The van der Waals surface area contributed by atoms with E-state index in [1.165, 1.54) is 6.42 Å². The summed E-state index contributed by atoms with van der Waals surface area (Å²) in [6.45, 7) is 0. The van der Waals surface area contributed by atoms with Gasteiger partial charge in [-0.25, -0.2) is 0 Å². The van der Waals surface area contributed by atoms with E-state index in [0.29, 0.717) is 23.7 Å². The molecule has 0 spiro atoms. The average Bonchev–Trinajstić information content (AvgIpc) is 2.69. The number of rotatable bonds is 2. The summed E-state index contributed by atoms with van der Waals surface area (Å²) >= 11 is 0. The van der Waals surface area contributed by atoms with Gasteiger partial charge in [-0.15, -0.1) is 0 Å². The van der Waals surface area contributed by atoms with Gasteiger partial charge in [0.15, 0.2) is 12.6 Å². The summed E-state index contributed by atoms with van der Waals surface area (Å²) < 4.78 is 16.6. The van der Waals surface area contributed by atoms with Gasteiger partial charge in [0.25, 0.3) is 0 Å². The highest BCUT2D eigenvalue weighted by molar-refractivity contribution is 5.02. The molecule has 4 fully saturated rings. The largest absolute Gasteiger partial charge is 0.393 e. The third-order valence-corrected chi connectivity index (χ3v) is 4.75. The first-order valence-electron chi connectivity index (χ1n) is 6.15. The Hall–Kier alpha value is -0.160. The fourth-order valence-electron chi connectivity index (χ4n) is 4.13. The van der Waals surface area contributed by atoms with Crippen LogP contribution >= 0.6 is 0 Å². The average molecular weight is 228 g/mol. The second-order valence-corrected chi connectivity index (χ2v) is 5.30. The molecule has 0 aromatic rings. The minimum Gasteiger partial charge on any atom is -0.393 e. The molecule has 16 heavy (non-hydrogen) atoms. The van der Waals surface area contributed by atoms with E-state index in [1.54, 1.807) is 14.2 Å². The Morgan fingerprint density at radius 1 is 1.06 bits per heavy atom. The molecule has 4 heteroatoms. The van der Waals surface area contributed by atoms with Crippen molar-refractivity contribution in [3.8, 4) is 0 Å². The monoisotopic (exact) mass is 228 g/mol. The predicted octanol–water partition coefficient (Wildman–Crippen LogP) is 0.985. The number of aliphatic hydroxyl groups is 1. The van der Waals surface area contributed by atoms with Gasteiger partial charge in [-0.05, 0) is 31.1 Å². The first-order chi connectivity index (χ1) is 7.76. The first-order valence-corrected chi connectivity index (χ1v) is 6.15. The zero-order valence-electron chi connectivity index (χ0n) is 9.83. The molecule has 1 aliphatic heterocycles. The summed E-state index contributed by atoms with van der Waals surface area (Å²) in [5, 5.41) is 10.1. The van der Waals surface area contributed by atoms with Gasteiger partial charge in [0.2, 0.25) is 0 Å². The highest BCUT2D eigenvalue weighted by atomic mass is 16.8. The second kappa shape index (κ2) is 3.95. The minimum absolute atomic E-state index is 0.143. The fourth-order valence-corrected chi connectivity index (χ4v) is 4.13. The highest BCUT2D eigenvalue weighted by Crippen LogP contribution is 2.55. The van der Waals surface area contributed by atoms with Crippen molar-refractivity contribution in [1.29, 1.82) is 0 Å². The third kappa shape index (κ3) is 1.37. The van der Waals surface area contributed by atoms with Crippen molar-refractivity contribution in [3.05, 3.63) is 0 Å². The molecule has 1 heterocycles. The molecule has 4 aliphatic rings. The van der Waals surface area contributed by atoms with E-state index in [9.17, 15) is 5.11 Å². The van der Waals surface area contributed by atoms with Crippen LogP contribution in [0.1, 0.15) is 19.3 Å². The molecule has 92 valence electrons. The lowest BCUT2D eigenvalue weighted by molar-refractivity contribution is -0.199. The summed E-state index contributed by atoms with van der Waals surface area (Å²) in [5.74, 6) is 1.60. The maximum atomic E-state index is 10.1. The minimum atomic E-state index is -0.197. The van der Waals surface area contributed by atoms with Gasteiger partial charge in [0.1, 0.15) is 0 Å². The quantitative estimate of drug-likeness (QED) is 0.765. The van der Waals surface area contributed by atoms with E-state index in [1.807, 2.05) is 0 Å². The molecule has 7 atom stereocenters. The van der Waals surface area contributed by atoms with Crippen molar-refractivity contribution in [2.75, 3.05) is 14.2 Å². The number of hydrogen-bond acceptors (Lipinski definition) is 4. The van der Waals surface area contributed by atoms with Crippen LogP contribution in [0.2, 0.25) is 0 Å². The van der Waals surface area contributed by atoms with Crippen LogP contribution in [-0.2, 0) is 14.2 Å². The lowest BCUT2D eigenvalue weighted by atomic mass is 9.58. The van der Waals surface area contributed by atoms with Gasteiger partial charge in [0.05, 0.1) is 6.10 Å². The lowest BCUT2D eigenvalue weighted by Crippen LogP contribution is -2.50. The standard InChI is InChI=1S/C12H20O4/c1-14-11-9-6-3-4-7(8(13)5-6)10(9)12(15-2)16-11/h6-13H,3-5H2,1-2H3/t6-,7-,8-,9-,10+,11+,12-/m0/s1. The smallest absolute Gasteiger partial charge is 0.163 e. The Bertz CT molecular complexity index is 270. The zero-order valence-corrected chi connectivity index (χ0v) is 9.83. The summed E-state index contributed by atoms with van der Waals surface area (Å²) in [4.78, 5) is 0. The lowest BCUT2D eigenvalue weighted by Gasteiger charge is -2.49. The Balaban J connectivity index is 1.89.